The molecule has 1 amide bonds. The minimum atomic E-state index is -0.345. The van der Waals surface area contributed by atoms with Crippen molar-refractivity contribution in [3.05, 3.63) is 35.9 Å². The molecule has 1 atom stereocenters. The molecule has 1 aromatic carbocycles. The van der Waals surface area contributed by atoms with Gasteiger partial charge in [0.25, 0.3) is 0 Å². The van der Waals surface area contributed by atoms with Crippen LogP contribution >= 0.6 is 0 Å². The van der Waals surface area contributed by atoms with Crippen LogP contribution in [0.4, 0.5) is 0 Å². The molecule has 1 unspecified atom stereocenters. The smallest absolute Gasteiger partial charge is 0.221 e. The minimum Gasteiger partial charge on any atom is -0.353 e. The van der Waals surface area contributed by atoms with Crippen molar-refractivity contribution in [1.82, 2.24) is 5.32 Å². The highest BCUT2D eigenvalue weighted by molar-refractivity contribution is 5.77. The number of rotatable bonds is 4. The van der Waals surface area contributed by atoms with Gasteiger partial charge in [0.15, 0.2) is 0 Å². The second-order valence-corrected chi connectivity index (χ2v) is 5.55. The summed E-state index contributed by atoms with van der Waals surface area (Å²) in [5.41, 5.74) is 0.922. The van der Waals surface area contributed by atoms with Crippen LogP contribution in [0.5, 0.6) is 0 Å². The zero-order valence-corrected chi connectivity index (χ0v) is 11.8. The van der Waals surface area contributed by atoms with Crippen LogP contribution in [0, 0.1) is 11.3 Å². The van der Waals surface area contributed by atoms with Crippen molar-refractivity contribution in [2.24, 2.45) is 0 Å². The van der Waals surface area contributed by atoms with Gasteiger partial charge in [-0.25, -0.2) is 0 Å². The van der Waals surface area contributed by atoms with Gasteiger partial charge in [0.2, 0.25) is 5.91 Å². The Morgan fingerprint density at radius 3 is 2.45 bits per heavy atom. The first-order chi connectivity index (χ1) is 9.79. The van der Waals surface area contributed by atoms with Crippen LogP contribution in [0.1, 0.15) is 56.4 Å². The Morgan fingerprint density at radius 2 is 1.85 bits per heavy atom. The van der Waals surface area contributed by atoms with Crippen molar-refractivity contribution in [2.45, 2.75) is 56.9 Å². The predicted octanol–water partition coefficient (Wildman–Crippen LogP) is 3.52. The maximum absolute atomic E-state index is 12.1. The molecule has 20 heavy (non-hydrogen) atoms. The molecule has 1 N–H and O–H groups in total. The Hall–Kier alpha value is -1.82. The lowest BCUT2D eigenvalue weighted by Gasteiger charge is -2.17. The summed E-state index contributed by atoms with van der Waals surface area (Å²) in [5.74, 6) is -0.339. The summed E-state index contributed by atoms with van der Waals surface area (Å²) in [6.07, 6.45) is 7.37. The van der Waals surface area contributed by atoms with E-state index >= 15 is 0 Å². The molecule has 1 fully saturated rings. The molecule has 2 rings (SSSR count). The summed E-state index contributed by atoms with van der Waals surface area (Å²) in [6, 6.07) is 12.1. The average Bonchev–Trinajstić information content (AvgIpc) is 2.74. The lowest BCUT2D eigenvalue weighted by molar-refractivity contribution is -0.122. The number of amides is 1. The van der Waals surface area contributed by atoms with Gasteiger partial charge in [0.1, 0.15) is 0 Å². The van der Waals surface area contributed by atoms with Crippen molar-refractivity contribution in [3.63, 3.8) is 0 Å². The van der Waals surface area contributed by atoms with E-state index in [0.29, 0.717) is 6.04 Å². The number of hydrogen-bond acceptors (Lipinski definition) is 2. The molecule has 1 aromatic rings. The Bertz CT molecular complexity index is 456. The molecular formula is C17H22N2O. The number of nitrogens with zero attached hydrogens (tertiary/aromatic N) is 1. The molecule has 0 aromatic heterocycles. The summed E-state index contributed by atoms with van der Waals surface area (Å²) in [7, 11) is 0. The van der Waals surface area contributed by atoms with E-state index in [9.17, 15) is 10.1 Å². The molecule has 3 nitrogen and oxygen atoms in total. The molecule has 106 valence electrons. The van der Waals surface area contributed by atoms with Crippen molar-refractivity contribution < 1.29 is 4.79 Å². The van der Waals surface area contributed by atoms with Crippen LogP contribution in [-0.2, 0) is 4.79 Å². The van der Waals surface area contributed by atoms with Gasteiger partial charge in [-0.3, -0.25) is 4.79 Å². The van der Waals surface area contributed by atoms with Gasteiger partial charge in [-0.1, -0.05) is 56.0 Å². The second kappa shape index (κ2) is 7.69. The van der Waals surface area contributed by atoms with E-state index in [1.54, 1.807) is 0 Å². The normalized spacial score (nSPS) is 17.8. The molecule has 0 saturated heterocycles. The predicted molar refractivity (Wildman–Crippen MR) is 79.0 cm³/mol. The van der Waals surface area contributed by atoms with Gasteiger partial charge >= 0.3 is 0 Å². The standard InChI is InChI=1S/C17H22N2O/c18-13-15(14-8-4-3-5-9-14)12-17(20)19-16-10-6-1-2-7-11-16/h3-5,8-9,15-16H,1-2,6-7,10-12H2,(H,19,20). The Balaban J connectivity index is 1.88. The molecule has 1 aliphatic carbocycles. The number of carbonyl (C=O) groups is 1. The topological polar surface area (TPSA) is 52.9 Å². The number of benzene rings is 1. The molecule has 0 spiro atoms. The van der Waals surface area contributed by atoms with Crippen LogP contribution in [-0.4, -0.2) is 11.9 Å². The third-order valence-corrected chi connectivity index (χ3v) is 3.97. The summed E-state index contributed by atoms with van der Waals surface area (Å²) < 4.78 is 0. The first kappa shape index (κ1) is 14.6. The summed E-state index contributed by atoms with van der Waals surface area (Å²) in [4.78, 5) is 12.1. The molecule has 0 heterocycles. The third kappa shape index (κ3) is 4.38. The van der Waals surface area contributed by atoms with Crippen molar-refractivity contribution in [3.8, 4) is 6.07 Å². The molecule has 1 aliphatic rings. The third-order valence-electron chi connectivity index (χ3n) is 3.97. The lowest BCUT2D eigenvalue weighted by Crippen LogP contribution is -2.35. The highest BCUT2D eigenvalue weighted by atomic mass is 16.1. The molecule has 0 bridgehead atoms. The Kier molecular flexibility index (Phi) is 5.61. The molecular weight excluding hydrogens is 248 g/mol. The first-order valence-corrected chi connectivity index (χ1v) is 7.53. The van der Waals surface area contributed by atoms with E-state index in [2.05, 4.69) is 11.4 Å². The van der Waals surface area contributed by atoms with Gasteiger partial charge < -0.3 is 5.32 Å². The molecule has 0 aliphatic heterocycles. The molecule has 3 heteroatoms. The highest BCUT2D eigenvalue weighted by Crippen LogP contribution is 2.20. The summed E-state index contributed by atoms with van der Waals surface area (Å²) >= 11 is 0. The second-order valence-electron chi connectivity index (χ2n) is 5.55. The minimum absolute atomic E-state index is 0.00676. The number of nitriles is 1. The van der Waals surface area contributed by atoms with E-state index in [-0.39, 0.29) is 18.2 Å². The fraction of sp³-hybridized carbons (Fsp3) is 0.529. The monoisotopic (exact) mass is 270 g/mol. The van der Waals surface area contributed by atoms with Gasteiger partial charge in [0.05, 0.1) is 12.0 Å². The van der Waals surface area contributed by atoms with E-state index in [1.807, 2.05) is 30.3 Å². The zero-order valence-electron chi connectivity index (χ0n) is 11.8. The quantitative estimate of drug-likeness (QED) is 0.851. The highest BCUT2D eigenvalue weighted by Gasteiger charge is 2.19. The number of nitrogens with one attached hydrogen (secondary N) is 1. The number of carbonyl (C=O) groups excluding carboxylic acids is 1. The van der Waals surface area contributed by atoms with E-state index in [4.69, 9.17) is 0 Å². The molecule has 1 saturated carbocycles. The SMILES string of the molecule is N#CC(CC(=O)NC1CCCCCC1)c1ccccc1. The van der Waals surface area contributed by atoms with Crippen LogP contribution in [0.3, 0.4) is 0 Å². The first-order valence-electron chi connectivity index (χ1n) is 7.53. The Morgan fingerprint density at radius 1 is 1.20 bits per heavy atom. The van der Waals surface area contributed by atoms with Crippen LogP contribution in [0.2, 0.25) is 0 Å². The maximum atomic E-state index is 12.1. The largest absolute Gasteiger partial charge is 0.353 e. The summed E-state index contributed by atoms with van der Waals surface area (Å²) in [6.45, 7) is 0. The zero-order chi connectivity index (χ0) is 14.2. The van der Waals surface area contributed by atoms with Crippen molar-refractivity contribution in [1.29, 1.82) is 5.26 Å². The van der Waals surface area contributed by atoms with Gasteiger partial charge in [0, 0.05) is 12.5 Å². The lowest BCUT2D eigenvalue weighted by atomic mass is 9.96. The fourth-order valence-electron chi connectivity index (χ4n) is 2.82. The van der Waals surface area contributed by atoms with Gasteiger partial charge in [-0.05, 0) is 18.4 Å². The van der Waals surface area contributed by atoms with E-state index < -0.39 is 0 Å². The van der Waals surface area contributed by atoms with Crippen LogP contribution in [0.25, 0.3) is 0 Å². The van der Waals surface area contributed by atoms with Gasteiger partial charge in [-0.15, -0.1) is 0 Å². The fourth-order valence-corrected chi connectivity index (χ4v) is 2.82. The van der Waals surface area contributed by atoms with Gasteiger partial charge in [-0.2, -0.15) is 5.26 Å². The number of hydrogen-bond donors (Lipinski definition) is 1. The summed E-state index contributed by atoms with van der Waals surface area (Å²) in [5, 5.41) is 12.4. The van der Waals surface area contributed by atoms with Crippen LogP contribution in [0.15, 0.2) is 30.3 Å². The van der Waals surface area contributed by atoms with Crippen molar-refractivity contribution >= 4 is 5.91 Å². The van der Waals surface area contributed by atoms with E-state index in [0.717, 1.165) is 18.4 Å². The maximum Gasteiger partial charge on any atom is 0.221 e. The van der Waals surface area contributed by atoms with Crippen molar-refractivity contribution in [2.75, 3.05) is 0 Å². The van der Waals surface area contributed by atoms with E-state index in [1.165, 1.54) is 25.7 Å². The average molecular weight is 270 g/mol. The molecule has 0 radical (unpaired) electrons. The van der Waals surface area contributed by atoms with Crippen LogP contribution < -0.4 is 5.32 Å². The Labute approximate surface area is 121 Å².